The van der Waals surface area contributed by atoms with E-state index in [4.69, 9.17) is 4.12 Å². The number of carbonyl (C=O) groups excluding carboxylic acids is 2. The second kappa shape index (κ2) is 4.40. The monoisotopic (exact) mass is 294 g/mol. The third-order valence-electron chi connectivity index (χ3n) is 2.90. The number of cyclic esters (lactones) is 2. The predicted molar refractivity (Wildman–Crippen MR) is 77.7 cm³/mol. The van der Waals surface area contributed by atoms with Crippen LogP contribution in [0.2, 0.25) is 32.7 Å². The second-order valence-electron chi connectivity index (χ2n) is 6.16. The SMILES string of the molecule is C[Si](C)(C)O[Si](C)(C)c1ccc2c(c1)C(=O)OC2=O. The van der Waals surface area contributed by atoms with Crippen LogP contribution in [0.25, 0.3) is 0 Å². The molecule has 0 spiro atoms. The summed E-state index contributed by atoms with van der Waals surface area (Å²) in [5, 5.41) is 1.01. The Balaban J connectivity index is 2.40. The van der Waals surface area contributed by atoms with Crippen molar-refractivity contribution in [2.75, 3.05) is 0 Å². The number of hydrogen-bond acceptors (Lipinski definition) is 4. The van der Waals surface area contributed by atoms with Gasteiger partial charge in [-0.15, -0.1) is 0 Å². The van der Waals surface area contributed by atoms with Gasteiger partial charge in [0.15, 0.2) is 8.32 Å². The fourth-order valence-electron chi connectivity index (χ4n) is 2.28. The first-order valence-electron chi connectivity index (χ1n) is 6.21. The average molecular weight is 294 g/mol. The van der Waals surface area contributed by atoms with Crippen molar-refractivity contribution in [1.29, 1.82) is 0 Å². The van der Waals surface area contributed by atoms with Crippen molar-refractivity contribution in [2.45, 2.75) is 32.7 Å². The van der Waals surface area contributed by atoms with Gasteiger partial charge in [0.25, 0.3) is 0 Å². The molecule has 0 radical (unpaired) electrons. The number of esters is 2. The predicted octanol–water partition coefficient (Wildman–Crippen LogP) is 2.26. The van der Waals surface area contributed by atoms with Crippen LogP contribution in [0.5, 0.6) is 0 Å². The van der Waals surface area contributed by atoms with E-state index < -0.39 is 28.6 Å². The molecular weight excluding hydrogens is 276 g/mol. The van der Waals surface area contributed by atoms with Crippen LogP contribution in [0.4, 0.5) is 0 Å². The van der Waals surface area contributed by atoms with Crippen LogP contribution in [-0.2, 0) is 8.85 Å². The third-order valence-corrected chi connectivity index (χ3v) is 9.09. The van der Waals surface area contributed by atoms with Crippen molar-refractivity contribution in [1.82, 2.24) is 0 Å². The summed E-state index contributed by atoms with van der Waals surface area (Å²) in [5.41, 5.74) is 0.716. The Morgan fingerprint density at radius 3 is 2.11 bits per heavy atom. The van der Waals surface area contributed by atoms with Gasteiger partial charge in [0, 0.05) is 0 Å². The molecule has 19 heavy (non-hydrogen) atoms. The number of fused-ring (bicyclic) bond motifs is 1. The molecule has 1 heterocycles. The van der Waals surface area contributed by atoms with E-state index >= 15 is 0 Å². The average Bonchev–Trinajstić information content (AvgIpc) is 2.51. The number of rotatable bonds is 3. The zero-order valence-corrected chi connectivity index (χ0v) is 13.9. The highest BCUT2D eigenvalue weighted by Gasteiger charge is 2.35. The van der Waals surface area contributed by atoms with Gasteiger partial charge in [-0.25, -0.2) is 9.59 Å². The number of carbonyl (C=O) groups is 2. The first-order chi connectivity index (χ1) is 8.60. The lowest BCUT2D eigenvalue weighted by atomic mass is 10.1. The molecule has 0 bridgehead atoms. The van der Waals surface area contributed by atoms with Gasteiger partial charge in [-0.2, -0.15) is 0 Å². The quantitative estimate of drug-likeness (QED) is 0.487. The topological polar surface area (TPSA) is 52.6 Å². The molecule has 2 rings (SSSR count). The van der Waals surface area contributed by atoms with Crippen molar-refractivity contribution in [3.63, 3.8) is 0 Å². The summed E-state index contributed by atoms with van der Waals surface area (Å²) in [7, 11) is -3.72. The van der Waals surface area contributed by atoms with Crippen LogP contribution in [-0.4, -0.2) is 28.6 Å². The molecule has 1 aromatic carbocycles. The fraction of sp³-hybridized carbons (Fsp3) is 0.385. The number of ether oxygens (including phenoxy) is 1. The molecule has 0 atom stereocenters. The summed E-state index contributed by atoms with van der Waals surface area (Å²) in [4.78, 5) is 23.0. The van der Waals surface area contributed by atoms with Crippen LogP contribution in [0.1, 0.15) is 20.7 Å². The van der Waals surface area contributed by atoms with E-state index in [9.17, 15) is 9.59 Å². The third kappa shape index (κ3) is 2.85. The Kier molecular flexibility index (Phi) is 3.28. The smallest absolute Gasteiger partial charge is 0.346 e. The van der Waals surface area contributed by atoms with Gasteiger partial charge in [0.2, 0.25) is 8.32 Å². The molecule has 0 amide bonds. The van der Waals surface area contributed by atoms with E-state index in [1.807, 2.05) is 6.07 Å². The van der Waals surface area contributed by atoms with Crippen molar-refractivity contribution in [3.05, 3.63) is 29.3 Å². The van der Waals surface area contributed by atoms with Gasteiger partial charge in [-0.1, -0.05) is 6.07 Å². The van der Waals surface area contributed by atoms with Crippen LogP contribution in [0.3, 0.4) is 0 Å². The lowest BCUT2D eigenvalue weighted by molar-refractivity contribution is 0.0444. The summed E-state index contributed by atoms with van der Waals surface area (Å²) in [6.07, 6.45) is 0. The summed E-state index contributed by atoms with van der Waals surface area (Å²) in [6, 6.07) is 5.31. The zero-order valence-electron chi connectivity index (χ0n) is 11.9. The second-order valence-corrected chi connectivity index (χ2v) is 14.8. The molecule has 102 valence electrons. The highest BCUT2D eigenvalue weighted by atomic mass is 28.4. The van der Waals surface area contributed by atoms with Gasteiger partial charge in [-0.3, -0.25) is 0 Å². The maximum absolute atomic E-state index is 11.6. The molecule has 0 fully saturated rings. The van der Waals surface area contributed by atoms with Gasteiger partial charge in [-0.05, 0) is 50.1 Å². The Bertz CT molecular complexity index is 558. The molecule has 0 aromatic heterocycles. The Morgan fingerprint density at radius 1 is 0.947 bits per heavy atom. The Morgan fingerprint density at radius 2 is 1.53 bits per heavy atom. The fourth-order valence-corrected chi connectivity index (χ4v) is 9.86. The molecule has 4 nitrogen and oxygen atoms in total. The molecule has 0 unspecified atom stereocenters. The molecule has 1 aliphatic heterocycles. The summed E-state index contributed by atoms with van der Waals surface area (Å²) in [5.74, 6) is -1.11. The maximum atomic E-state index is 11.6. The molecule has 6 heteroatoms. The van der Waals surface area contributed by atoms with Crippen molar-refractivity contribution in [2.24, 2.45) is 0 Å². The summed E-state index contributed by atoms with van der Waals surface area (Å²) in [6.45, 7) is 10.6. The Hall–Kier alpha value is -1.25. The van der Waals surface area contributed by atoms with E-state index in [-0.39, 0.29) is 0 Å². The van der Waals surface area contributed by atoms with Crippen molar-refractivity contribution < 1.29 is 18.4 Å². The van der Waals surface area contributed by atoms with Crippen LogP contribution in [0.15, 0.2) is 18.2 Å². The highest BCUT2D eigenvalue weighted by molar-refractivity contribution is 6.92. The summed E-state index contributed by atoms with van der Waals surface area (Å²) < 4.78 is 10.9. The van der Waals surface area contributed by atoms with Gasteiger partial charge < -0.3 is 8.85 Å². The lowest BCUT2D eigenvalue weighted by Gasteiger charge is -2.31. The molecular formula is C13H18O4Si2. The Labute approximate surface area is 115 Å². The van der Waals surface area contributed by atoms with Crippen LogP contribution in [0, 0.1) is 0 Å². The van der Waals surface area contributed by atoms with Crippen LogP contribution < -0.4 is 5.19 Å². The minimum atomic E-state index is -2.07. The van der Waals surface area contributed by atoms with E-state index in [1.165, 1.54) is 0 Å². The van der Waals surface area contributed by atoms with Crippen molar-refractivity contribution in [3.8, 4) is 0 Å². The van der Waals surface area contributed by atoms with Gasteiger partial charge >= 0.3 is 11.9 Å². The minimum absolute atomic E-state index is 0.353. The molecule has 0 aliphatic carbocycles. The largest absolute Gasteiger partial charge is 0.452 e. The summed E-state index contributed by atoms with van der Waals surface area (Å²) >= 11 is 0. The standard InChI is InChI=1S/C13H18O4Si2/c1-18(2,3)17-19(4,5)9-6-7-10-11(8-9)13(15)16-12(10)14/h6-8H,1-5H3. The van der Waals surface area contributed by atoms with E-state index in [1.54, 1.807) is 12.1 Å². The van der Waals surface area contributed by atoms with Crippen molar-refractivity contribution >= 4 is 33.8 Å². The minimum Gasteiger partial charge on any atom is -0.452 e. The first-order valence-corrected chi connectivity index (χ1v) is 12.5. The number of hydrogen-bond donors (Lipinski definition) is 0. The van der Waals surface area contributed by atoms with E-state index in [0.717, 1.165) is 5.19 Å². The molecule has 1 aliphatic rings. The molecule has 1 aromatic rings. The molecule has 0 N–H and O–H groups in total. The van der Waals surface area contributed by atoms with E-state index in [0.29, 0.717) is 11.1 Å². The zero-order chi connectivity index (χ0) is 14.4. The van der Waals surface area contributed by atoms with Gasteiger partial charge in [0.1, 0.15) is 0 Å². The first kappa shape index (κ1) is 14.2. The highest BCUT2D eigenvalue weighted by Crippen LogP contribution is 2.21. The number of benzene rings is 1. The lowest BCUT2D eigenvalue weighted by Crippen LogP contribution is -2.51. The molecule has 0 saturated carbocycles. The van der Waals surface area contributed by atoms with Crippen LogP contribution >= 0.6 is 0 Å². The molecule has 0 saturated heterocycles. The maximum Gasteiger partial charge on any atom is 0.346 e. The van der Waals surface area contributed by atoms with E-state index in [2.05, 4.69) is 37.5 Å². The normalized spacial score (nSPS) is 15.4. The van der Waals surface area contributed by atoms with Gasteiger partial charge in [0.05, 0.1) is 11.1 Å².